The second kappa shape index (κ2) is 5.86. The van der Waals surface area contributed by atoms with Gasteiger partial charge in [0.15, 0.2) is 0 Å². The van der Waals surface area contributed by atoms with E-state index in [9.17, 15) is 13.2 Å². The number of benzene rings is 2. The molecule has 0 radical (unpaired) electrons. The maximum atomic E-state index is 12.7. The third-order valence-corrected chi connectivity index (χ3v) is 4.55. The van der Waals surface area contributed by atoms with Gasteiger partial charge in [0.1, 0.15) is 0 Å². The molecule has 23 heavy (non-hydrogen) atoms. The van der Waals surface area contributed by atoms with E-state index in [1.54, 1.807) is 11.0 Å². The Bertz CT molecular complexity index is 881. The first-order valence-corrected chi connectivity index (χ1v) is 9.29. The molecule has 0 spiro atoms. The Balaban J connectivity index is 1.88. The van der Waals surface area contributed by atoms with Gasteiger partial charge in [0, 0.05) is 17.8 Å². The SMILES string of the molecule is CS(=O)(=O)Nc1ccc(C(=O)N2CCc3ccccc32)cc1Cl. The van der Waals surface area contributed by atoms with Crippen LogP contribution in [0.5, 0.6) is 0 Å². The van der Waals surface area contributed by atoms with Gasteiger partial charge in [0.25, 0.3) is 5.91 Å². The standard InChI is InChI=1S/C16H15ClN2O3S/c1-23(21,22)18-14-7-6-12(10-13(14)17)16(20)19-9-8-11-4-2-3-5-15(11)19/h2-7,10,18H,8-9H2,1H3. The average Bonchev–Trinajstić information content (AvgIpc) is 2.91. The molecule has 1 heterocycles. The lowest BCUT2D eigenvalue weighted by atomic mass is 10.1. The maximum absolute atomic E-state index is 12.7. The van der Waals surface area contributed by atoms with Gasteiger partial charge in [-0.1, -0.05) is 29.8 Å². The summed E-state index contributed by atoms with van der Waals surface area (Å²) in [6.07, 6.45) is 1.87. The Morgan fingerprint density at radius 3 is 2.65 bits per heavy atom. The summed E-state index contributed by atoms with van der Waals surface area (Å²) in [5.74, 6) is -0.150. The number of hydrogen-bond acceptors (Lipinski definition) is 3. The Kier molecular flexibility index (Phi) is 4.04. The van der Waals surface area contributed by atoms with Crippen LogP contribution < -0.4 is 9.62 Å². The molecule has 5 nitrogen and oxygen atoms in total. The fourth-order valence-electron chi connectivity index (χ4n) is 2.64. The summed E-state index contributed by atoms with van der Waals surface area (Å²) in [6, 6.07) is 12.3. The number of sulfonamides is 1. The highest BCUT2D eigenvalue weighted by Gasteiger charge is 2.25. The molecule has 120 valence electrons. The minimum Gasteiger partial charge on any atom is -0.308 e. The Morgan fingerprint density at radius 1 is 1.22 bits per heavy atom. The lowest BCUT2D eigenvalue weighted by Gasteiger charge is -2.18. The predicted octanol–water partition coefficient (Wildman–Crippen LogP) is 2.91. The molecule has 0 saturated carbocycles. The largest absolute Gasteiger partial charge is 0.308 e. The molecular formula is C16H15ClN2O3S. The molecule has 1 aliphatic rings. The highest BCUT2D eigenvalue weighted by atomic mass is 35.5. The fourth-order valence-corrected chi connectivity index (χ4v) is 3.50. The molecular weight excluding hydrogens is 336 g/mol. The summed E-state index contributed by atoms with van der Waals surface area (Å²) >= 11 is 6.09. The first kappa shape index (κ1) is 15.8. The van der Waals surface area contributed by atoms with Crippen molar-refractivity contribution in [1.29, 1.82) is 0 Å². The van der Waals surface area contributed by atoms with Crippen LogP contribution in [0.3, 0.4) is 0 Å². The summed E-state index contributed by atoms with van der Waals surface area (Å²) in [7, 11) is -3.42. The molecule has 0 aromatic heterocycles. The van der Waals surface area contributed by atoms with Crippen molar-refractivity contribution in [2.24, 2.45) is 0 Å². The third kappa shape index (κ3) is 3.33. The molecule has 1 N–H and O–H groups in total. The number of hydrogen-bond donors (Lipinski definition) is 1. The zero-order valence-electron chi connectivity index (χ0n) is 12.4. The molecule has 1 amide bonds. The molecule has 0 atom stereocenters. The first-order chi connectivity index (χ1) is 10.8. The predicted molar refractivity (Wildman–Crippen MR) is 91.7 cm³/mol. The van der Waals surface area contributed by atoms with Gasteiger partial charge in [0.05, 0.1) is 17.0 Å². The third-order valence-electron chi connectivity index (χ3n) is 3.64. The van der Waals surface area contributed by atoms with Gasteiger partial charge in [0.2, 0.25) is 10.0 Å². The number of nitrogens with zero attached hydrogens (tertiary/aromatic N) is 1. The van der Waals surface area contributed by atoms with E-state index >= 15 is 0 Å². The van der Waals surface area contributed by atoms with Gasteiger partial charge in [-0.05, 0) is 36.2 Å². The normalized spacial score (nSPS) is 13.7. The maximum Gasteiger partial charge on any atom is 0.258 e. The summed E-state index contributed by atoms with van der Waals surface area (Å²) in [5, 5.41) is 0.189. The number of carbonyl (C=O) groups excluding carboxylic acids is 1. The van der Waals surface area contributed by atoms with Crippen molar-refractivity contribution in [1.82, 2.24) is 0 Å². The van der Waals surface area contributed by atoms with Crippen molar-refractivity contribution in [3.05, 3.63) is 58.6 Å². The summed E-state index contributed by atoms with van der Waals surface area (Å²) in [4.78, 5) is 14.4. The molecule has 0 fully saturated rings. The van der Waals surface area contributed by atoms with Crippen LogP contribution in [0.1, 0.15) is 15.9 Å². The van der Waals surface area contributed by atoms with Gasteiger partial charge in [-0.25, -0.2) is 8.42 Å². The Labute approximate surface area is 139 Å². The lowest BCUT2D eigenvalue weighted by Crippen LogP contribution is -2.28. The van der Waals surface area contributed by atoms with E-state index in [0.717, 1.165) is 23.9 Å². The monoisotopic (exact) mass is 350 g/mol. The van der Waals surface area contributed by atoms with Crippen LogP contribution in [0.15, 0.2) is 42.5 Å². The summed E-state index contributed by atoms with van der Waals surface area (Å²) in [5.41, 5.74) is 2.73. The van der Waals surface area contributed by atoms with Crippen LogP contribution in [0, 0.1) is 0 Å². The van der Waals surface area contributed by atoms with E-state index in [1.807, 2.05) is 24.3 Å². The highest BCUT2D eigenvalue weighted by Crippen LogP contribution is 2.30. The van der Waals surface area contributed by atoms with E-state index in [0.29, 0.717) is 12.1 Å². The number of rotatable bonds is 3. The van der Waals surface area contributed by atoms with E-state index < -0.39 is 10.0 Å². The Hall–Kier alpha value is -2.05. The number of halogens is 1. The van der Waals surface area contributed by atoms with Gasteiger partial charge in [-0.15, -0.1) is 0 Å². The molecule has 7 heteroatoms. The lowest BCUT2D eigenvalue weighted by molar-refractivity contribution is 0.0989. The second-order valence-corrected chi connectivity index (χ2v) is 7.56. The topological polar surface area (TPSA) is 66.5 Å². The van der Waals surface area contributed by atoms with Gasteiger partial charge < -0.3 is 4.90 Å². The molecule has 0 unspecified atom stereocenters. The first-order valence-electron chi connectivity index (χ1n) is 7.02. The van der Waals surface area contributed by atoms with Crippen molar-refractivity contribution >= 4 is 38.9 Å². The second-order valence-electron chi connectivity index (χ2n) is 5.40. The molecule has 0 bridgehead atoms. The quantitative estimate of drug-likeness (QED) is 0.925. The zero-order chi connectivity index (χ0) is 16.6. The van der Waals surface area contributed by atoms with Crippen molar-refractivity contribution in [2.75, 3.05) is 22.4 Å². The van der Waals surface area contributed by atoms with Crippen LogP contribution in [0.2, 0.25) is 5.02 Å². The van der Waals surface area contributed by atoms with Crippen LogP contribution in [0.4, 0.5) is 11.4 Å². The van der Waals surface area contributed by atoms with Gasteiger partial charge >= 0.3 is 0 Å². The summed E-state index contributed by atoms with van der Waals surface area (Å²) in [6.45, 7) is 0.624. The minimum atomic E-state index is -3.42. The number of fused-ring (bicyclic) bond motifs is 1. The molecule has 3 rings (SSSR count). The average molecular weight is 351 g/mol. The van der Waals surface area contributed by atoms with E-state index in [2.05, 4.69) is 4.72 Å². The van der Waals surface area contributed by atoms with Crippen LogP contribution >= 0.6 is 11.6 Å². The van der Waals surface area contributed by atoms with Gasteiger partial charge in [-0.3, -0.25) is 9.52 Å². The smallest absolute Gasteiger partial charge is 0.258 e. The van der Waals surface area contributed by atoms with Crippen LogP contribution in [0.25, 0.3) is 0 Å². The minimum absolute atomic E-state index is 0.150. The van der Waals surface area contributed by atoms with E-state index in [1.165, 1.54) is 12.1 Å². The number of nitrogens with one attached hydrogen (secondary N) is 1. The number of anilines is 2. The number of amides is 1. The zero-order valence-corrected chi connectivity index (χ0v) is 14.0. The molecule has 1 aliphatic heterocycles. The van der Waals surface area contributed by atoms with Crippen LogP contribution in [-0.4, -0.2) is 27.1 Å². The van der Waals surface area contributed by atoms with Crippen molar-refractivity contribution < 1.29 is 13.2 Å². The Morgan fingerprint density at radius 2 is 1.96 bits per heavy atom. The molecule has 2 aromatic carbocycles. The number of para-hydroxylation sites is 1. The summed E-state index contributed by atoms with van der Waals surface area (Å²) < 4.78 is 24.9. The van der Waals surface area contributed by atoms with Crippen molar-refractivity contribution in [2.45, 2.75) is 6.42 Å². The highest BCUT2D eigenvalue weighted by molar-refractivity contribution is 7.92. The van der Waals surface area contributed by atoms with Gasteiger partial charge in [-0.2, -0.15) is 0 Å². The van der Waals surface area contributed by atoms with E-state index in [4.69, 9.17) is 11.6 Å². The van der Waals surface area contributed by atoms with Crippen molar-refractivity contribution in [3.8, 4) is 0 Å². The molecule has 2 aromatic rings. The fraction of sp³-hybridized carbons (Fsp3) is 0.188. The van der Waals surface area contributed by atoms with Crippen molar-refractivity contribution in [3.63, 3.8) is 0 Å². The molecule has 0 aliphatic carbocycles. The van der Waals surface area contributed by atoms with Crippen LogP contribution in [-0.2, 0) is 16.4 Å². The molecule has 0 saturated heterocycles. The van der Waals surface area contributed by atoms with E-state index in [-0.39, 0.29) is 16.6 Å². The number of carbonyl (C=O) groups is 1.